The molecule has 0 atom stereocenters. The molecule has 0 radical (unpaired) electrons. The molecule has 0 aliphatic carbocycles. The first-order valence-electron chi connectivity index (χ1n) is 7.45. The van der Waals surface area contributed by atoms with Gasteiger partial charge in [-0.05, 0) is 40.8 Å². The second kappa shape index (κ2) is 7.24. The Labute approximate surface area is 160 Å². The average molecular weight is 419 g/mol. The molecule has 6 nitrogen and oxygen atoms in total. The number of halogens is 5. The molecule has 0 saturated heterocycles. The van der Waals surface area contributed by atoms with Crippen LogP contribution >= 0.6 is 23.2 Å². The van der Waals surface area contributed by atoms with Crippen molar-refractivity contribution >= 4 is 23.2 Å². The highest BCUT2D eigenvalue weighted by atomic mass is 35.5. The zero-order valence-electron chi connectivity index (χ0n) is 13.7. The highest BCUT2D eigenvalue weighted by Gasteiger charge is 2.34. The van der Waals surface area contributed by atoms with Crippen molar-refractivity contribution in [3.8, 4) is 11.4 Å². The monoisotopic (exact) mass is 418 g/mol. The molecule has 2 aromatic carbocycles. The van der Waals surface area contributed by atoms with Gasteiger partial charge in [0.05, 0.1) is 11.3 Å². The molecule has 142 valence electrons. The number of nitrogens with zero attached hydrogens (tertiary/aromatic N) is 4. The highest BCUT2D eigenvalue weighted by molar-refractivity contribution is 6.31. The first-order valence-corrected chi connectivity index (χ1v) is 8.20. The van der Waals surface area contributed by atoms with E-state index in [1.54, 1.807) is 6.07 Å². The van der Waals surface area contributed by atoms with Gasteiger partial charge in [-0.1, -0.05) is 29.3 Å². The Balaban J connectivity index is 2.00. The molecule has 1 heterocycles. The molecular formula is C16H11Cl2F3N4O2. The quantitative estimate of drug-likeness (QED) is 0.644. The van der Waals surface area contributed by atoms with Gasteiger partial charge < -0.3 is 4.74 Å². The van der Waals surface area contributed by atoms with Gasteiger partial charge in [-0.3, -0.25) is 0 Å². The molecule has 11 heteroatoms. The predicted molar refractivity (Wildman–Crippen MR) is 92.4 cm³/mol. The summed E-state index contributed by atoms with van der Waals surface area (Å²) in [6.45, 7) is -0.346. The van der Waals surface area contributed by atoms with Crippen LogP contribution in [-0.2, 0) is 19.8 Å². The first kappa shape index (κ1) is 19.2. The molecule has 27 heavy (non-hydrogen) atoms. The van der Waals surface area contributed by atoms with Crippen molar-refractivity contribution in [3.05, 3.63) is 68.1 Å². The van der Waals surface area contributed by atoms with E-state index in [4.69, 9.17) is 27.9 Å². The SMILES string of the molecule is Cn1nnn(-c2cccc(Cl)c2COc2cc(Cl)ccc2C(F)(F)F)c1=O. The number of benzene rings is 2. The number of aryl methyl sites for hydroxylation is 1. The molecule has 0 amide bonds. The maximum absolute atomic E-state index is 13.2. The van der Waals surface area contributed by atoms with Crippen molar-refractivity contribution in [1.29, 1.82) is 0 Å². The van der Waals surface area contributed by atoms with Crippen LogP contribution in [0.3, 0.4) is 0 Å². The largest absolute Gasteiger partial charge is 0.488 e. The second-order valence-electron chi connectivity index (χ2n) is 5.46. The minimum atomic E-state index is -4.62. The topological polar surface area (TPSA) is 61.9 Å². The molecule has 0 fully saturated rings. The van der Waals surface area contributed by atoms with E-state index >= 15 is 0 Å². The molecule has 0 bridgehead atoms. The Morgan fingerprint density at radius 3 is 2.52 bits per heavy atom. The summed E-state index contributed by atoms with van der Waals surface area (Å²) >= 11 is 12.0. The molecule has 0 aliphatic heterocycles. The van der Waals surface area contributed by atoms with Crippen molar-refractivity contribution in [2.24, 2.45) is 7.05 Å². The van der Waals surface area contributed by atoms with Crippen LogP contribution in [-0.4, -0.2) is 19.8 Å². The van der Waals surface area contributed by atoms with Crippen LogP contribution in [0.25, 0.3) is 5.69 Å². The van der Waals surface area contributed by atoms with E-state index in [-0.39, 0.29) is 27.9 Å². The maximum atomic E-state index is 13.2. The van der Waals surface area contributed by atoms with E-state index in [1.807, 2.05) is 0 Å². The number of ether oxygens (including phenoxy) is 1. The zero-order chi connectivity index (χ0) is 19.8. The third-order valence-corrected chi connectivity index (χ3v) is 4.25. The Kier molecular flexibility index (Phi) is 5.16. The Morgan fingerprint density at radius 2 is 1.89 bits per heavy atom. The van der Waals surface area contributed by atoms with E-state index < -0.39 is 23.2 Å². The molecule has 0 spiro atoms. The molecule has 0 aliphatic rings. The lowest BCUT2D eigenvalue weighted by Gasteiger charge is -2.16. The van der Waals surface area contributed by atoms with Crippen molar-refractivity contribution < 1.29 is 17.9 Å². The molecule has 3 rings (SSSR count). The normalized spacial score (nSPS) is 11.6. The molecule has 0 unspecified atom stereocenters. The average Bonchev–Trinajstić information content (AvgIpc) is 2.91. The summed E-state index contributed by atoms with van der Waals surface area (Å²) in [5.41, 5.74) is -1.000. The fraction of sp³-hybridized carbons (Fsp3) is 0.188. The standard InChI is InChI=1S/C16H11Cl2F3N4O2/c1-24-15(26)25(23-22-24)13-4-2-3-12(18)10(13)8-27-14-7-9(17)5-6-11(14)16(19,20)21/h2-7H,8H2,1H3. The van der Waals surface area contributed by atoms with E-state index in [1.165, 1.54) is 19.2 Å². The smallest absolute Gasteiger partial charge is 0.419 e. The third kappa shape index (κ3) is 3.93. The minimum absolute atomic E-state index is 0.0857. The van der Waals surface area contributed by atoms with Crippen LogP contribution in [0.2, 0.25) is 10.0 Å². The predicted octanol–water partition coefficient (Wildman–Crippen LogP) is 3.87. The zero-order valence-corrected chi connectivity index (χ0v) is 15.2. The van der Waals surface area contributed by atoms with Gasteiger partial charge in [0, 0.05) is 22.7 Å². The number of alkyl halides is 3. The third-order valence-electron chi connectivity index (χ3n) is 3.67. The number of hydrogen-bond acceptors (Lipinski definition) is 4. The Hall–Kier alpha value is -2.52. The lowest BCUT2D eigenvalue weighted by atomic mass is 10.1. The maximum Gasteiger partial charge on any atom is 0.419 e. The number of rotatable bonds is 4. The van der Waals surface area contributed by atoms with Gasteiger partial charge in [0.25, 0.3) is 0 Å². The lowest BCUT2D eigenvalue weighted by molar-refractivity contribution is -0.139. The van der Waals surface area contributed by atoms with Crippen LogP contribution in [0.15, 0.2) is 41.2 Å². The van der Waals surface area contributed by atoms with E-state index in [0.717, 1.165) is 27.6 Å². The summed E-state index contributed by atoms with van der Waals surface area (Å²) in [5.74, 6) is -0.452. The van der Waals surface area contributed by atoms with Crippen molar-refractivity contribution in [1.82, 2.24) is 19.8 Å². The van der Waals surface area contributed by atoms with Gasteiger partial charge in [-0.15, -0.1) is 0 Å². The van der Waals surface area contributed by atoms with Crippen LogP contribution < -0.4 is 10.4 Å². The van der Waals surface area contributed by atoms with E-state index in [0.29, 0.717) is 0 Å². The van der Waals surface area contributed by atoms with Crippen molar-refractivity contribution in [2.45, 2.75) is 12.8 Å². The second-order valence-corrected chi connectivity index (χ2v) is 6.30. The molecule has 1 aromatic heterocycles. The minimum Gasteiger partial charge on any atom is -0.488 e. The van der Waals surface area contributed by atoms with Crippen LogP contribution in [0.5, 0.6) is 5.75 Å². The fourth-order valence-corrected chi connectivity index (χ4v) is 2.74. The van der Waals surface area contributed by atoms with Crippen LogP contribution in [0.4, 0.5) is 13.2 Å². The van der Waals surface area contributed by atoms with Crippen LogP contribution in [0.1, 0.15) is 11.1 Å². The summed E-state index contributed by atoms with van der Waals surface area (Å²) < 4.78 is 46.9. The number of tetrazole rings is 1. The van der Waals surface area contributed by atoms with E-state index in [9.17, 15) is 18.0 Å². The van der Waals surface area contributed by atoms with Gasteiger partial charge in [0.1, 0.15) is 12.4 Å². The lowest BCUT2D eigenvalue weighted by Crippen LogP contribution is -2.23. The Bertz CT molecular complexity index is 1050. The molecule has 0 saturated carbocycles. The summed E-state index contributed by atoms with van der Waals surface area (Å²) in [5, 5.41) is 7.60. The summed E-state index contributed by atoms with van der Waals surface area (Å²) in [6.07, 6.45) is -4.62. The first-order chi connectivity index (χ1) is 12.7. The summed E-state index contributed by atoms with van der Waals surface area (Å²) in [7, 11) is 1.41. The number of hydrogen-bond donors (Lipinski definition) is 0. The van der Waals surface area contributed by atoms with Gasteiger partial charge in [-0.25, -0.2) is 4.79 Å². The van der Waals surface area contributed by atoms with Crippen molar-refractivity contribution in [3.63, 3.8) is 0 Å². The van der Waals surface area contributed by atoms with Crippen LogP contribution in [0, 0.1) is 0 Å². The summed E-state index contributed by atoms with van der Waals surface area (Å²) in [4.78, 5) is 12.1. The Morgan fingerprint density at radius 1 is 1.15 bits per heavy atom. The van der Waals surface area contributed by atoms with Gasteiger partial charge >= 0.3 is 11.9 Å². The number of aromatic nitrogens is 4. The van der Waals surface area contributed by atoms with Gasteiger partial charge in [-0.2, -0.15) is 22.5 Å². The molecule has 3 aromatic rings. The van der Waals surface area contributed by atoms with E-state index in [2.05, 4.69) is 10.4 Å². The summed E-state index contributed by atoms with van der Waals surface area (Å²) in [6, 6.07) is 7.64. The van der Waals surface area contributed by atoms with Crippen molar-refractivity contribution in [2.75, 3.05) is 0 Å². The molecular weight excluding hydrogens is 408 g/mol. The highest BCUT2D eigenvalue weighted by Crippen LogP contribution is 2.38. The molecule has 0 N–H and O–H groups in total. The van der Waals surface area contributed by atoms with Gasteiger partial charge in [0.2, 0.25) is 0 Å². The van der Waals surface area contributed by atoms with Gasteiger partial charge in [0.15, 0.2) is 0 Å². The fourth-order valence-electron chi connectivity index (χ4n) is 2.35.